The van der Waals surface area contributed by atoms with Crippen LogP contribution in [-0.2, 0) is 15.9 Å². The molecule has 118 valence electrons. The van der Waals surface area contributed by atoms with Gasteiger partial charge in [-0.1, -0.05) is 18.2 Å². The van der Waals surface area contributed by atoms with Crippen molar-refractivity contribution in [3.8, 4) is 0 Å². The molecule has 0 radical (unpaired) electrons. The first kappa shape index (κ1) is 16.3. The maximum atomic E-state index is 5.49. The van der Waals surface area contributed by atoms with E-state index in [-0.39, 0.29) is 0 Å². The number of ether oxygens (including phenoxy) is 2. The van der Waals surface area contributed by atoms with E-state index in [4.69, 9.17) is 9.47 Å². The third-order valence-corrected chi connectivity index (χ3v) is 3.83. The molecule has 2 rings (SSSR count). The monoisotopic (exact) mass is 292 g/mol. The molecule has 0 saturated heterocycles. The molecule has 0 amide bonds. The van der Waals surface area contributed by atoms with E-state index < -0.39 is 0 Å². The first-order chi connectivity index (χ1) is 10.3. The predicted molar refractivity (Wildman–Crippen MR) is 87.0 cm³/mol. The second kappa shape index (κ2) is 9.03. The van der Waals surface area contributed by atoms with Gasteiger partial charge in [-0.15, -0.1) is 0 Å². The van der Waals surface area contributed by atoms with Gasteiger partial charge < -0.3 is 14.8 Å². The summed E-state index contributed by atoms with van der Waals surface area (Å²) < 4.78 is 11.0. The number of rotatable bonds is 10. The minimum absolute atomic E-state index is 0.491. The summed E-state index contributed by atoms with van der Waals surface area (Å²) in [4.78, 5) is 2.44. The SMILES string of the molecule is CCOCCN(CCOCC)CC1Cc2ccccc2N1. The number of para-hydroxylation sites is 1. The molecular formula is C17H28N2O2. The summed E-state index contributed by atoms with van der Waals surface area (Å²) in [6.07, 6.45) is 1.11. The van der Waals surface area contributed by atoms with Crippen molar-refractivity contribution in [1.29, 1.82) is 0 Å². The van der Waals surface area contributed by atoms with Gasteiger partial charge in [-0.2, -0.15) is 0 Å². The number of hydrogen-bond donors (Lipinski definition) is 1. The van der Waals surface area contributed by atoms with Crippen molar-refractivity contribution in [2.24, 2.45) is 0 Å². The van der Waals surface area contributed by atoms with Gasteiger partial charge in [0.05, 0.1) is 13.2 Å². The van der Waals surface area contributed by atoms with Crippen molar-refractivity contribution in [3.05, 3.63) is 29.8 Å². The topological polar surface area (TPSA) is 33.7 Å². The third-order valence-electron chi connectivity index (χ3n) is 3.83. The van der Waals surface area contributed by atoms with Gasteiger partial charge in [0.15, 0.2) is 0 Å². The molecule has 0 bridgehead atoms. The van der Waals surface area contributed by atoms with Crippen molar-refractivity contribution < 1.29 is 9.47 Å². The maximum Gasteiger partial charge on any atom is 0.0593 e. The summed E-state index contributed by atoms with van der Waals surface area (Å²) in [6, 6.07) is 9.08. The Morgan fingerprint density at radius 1 is 1.10 bits per heavy atom. The quantitative estimate of drug-likeness (QED) is 0.671. The van der Waals surface area contributed by atoms with Crippen molar-refractivity contribution in [2.75, 3.05) is 51.4 Å². The number of hydrogen-bond acceptors (Lipinski definition) is 4. The van der Waals surface area contributed by atoms with Crippen LogP contribution in [0.3, 0.4) is 0 Å². The summed E-state index contributed by atoms with van der Waals surface area (Å²) in [6.45, 7) is 10.2. The minimum atomic E-state index is 0.491. The molecule has 0 aromatic heterocycles. The van der Waals surface area contributed by atoms with E-state index in [2.05, 4.69) is 34.5 Å². The highest BCUT2D eigenvalue weighted by molar-refractivity contribution is 5.56. The fourth-order valence-electron chi connectivity index (χ4n) is 2.77. The maximum absolute atomic E-state index is 5.49. The Morgan fingerprint density at radius 2 is 1.76 bits per heavy atom. The van der Waals surface area contributed by atoms with Gasteiger partial charge in [-0.3, -0.25) is 4.90 Å². The molecule has 4 heteroatoms. The van der Waals surface area contributed by atoms with Crippen LogP contribution < -0.4 is 5.32 Å². The first-order valence-electron chi connectivity index (χ1n) is 8.05. The van der Waals surface area contributed by atoms with Crippen LogP contribution in [0.4, 0.5) is 5.69 Å². The molecule has 0 aliphatic carbocycles. The minimum Gasteiger partial charge on any atom is -0.380 e. The van der Waals surface area contributed by atoms with Gasteiger partial charge in [-0.05, 0) is 31.9 Å². The van der Waals surface area contributed by atoms with Crippen LogP contribution in [0.15, 0.2) is 24.3 Å². The lowest BCUT2D eigenvalue weighted by atomic mass is 10.1. The lowest BCUT2D eigenvalue weighted by Crippen LogP contribution is -2.39. The van der Waals surface area contributed by atoms with E-state index in [9.17, 15) is 0 Å². The molecular weight excluding hydrogens is 264 g/mol. The van der Waals surface area contributed by atoms with Crippen LogP contribution in [0.2, 0.25) is 0 Å². The second-order valence-electron chi connectivity index (χ2n) is 5.40. The Labute approximate surface area is 128 Å². The zero-order valence-corrected chi connectivity index (χ0v) is 13.3. The number of nitrogens with one attached hydrogen (secondary N) is 1. The molecule has 1 N–H and O–H groups in total. The van der Waals surface area contributed by atoms with E-state index in [1.165, 1.54) is 11.3 Å². The Balaban J connectivity index is 1.80. The van der Waals surface area contributed by atoms with Gasteiger partial charge in [0.25, 0.3) is 0 Å². The molecule has 0 spiro atoms. The number of nitrogens with zero attached hydrogens (tertiary/aromatic N) is 1. The highest BCUT2D eigenvalue weighted by Crippen LogP contribution is 2.25. The van der Waals surface area contributed by atoms with Crippen LogP contribution in [0, 0.1) is 0 Å². The smallest absolute Gasteiger partial charge is 0.0593 e. The average Bonchev–Trinajstić information content (AvgIpc) is 2.89. The van der Waals surface area contributed by atoms with Crippen LogP contribution in [-0.4, -0.2) is 57.0 Å². The molecule has 1 aliphatic rings. The van der Waals surface area contributed by atoms with Crippen molar-refractivity contribution in [1.82, 2.24) is 4.90 Å². The molecule has 1 aromatic carbocycles. The molecule has 1 heterocycles. The lowest BCUT2D eigenvalue weighted by Gasteiger charge is -2.25. The van der Waals surface area contributed by atoms with Crippen LogP contribution in [0.1, 0.15) is 19.4 Å². The summed E-state index contributed by atoms with van der Waals surface area (Å²) in [5.41, 5.74) is 2.72. The summed E-state index contributed by atoms with van der Waals surface area (Å²) >= 11 is 0. The Morgan fingerprint density at radius 3 is 2.38 bits per heavy atom. The summed E-state index contributed by atoms with van der Waals surface area (Å²) in [5, 5.41) is 3.62. The van der Waals surface area contributed by atoms with Crippen molar-refractivity contribution in [3.63, 3.8) is 0 Å². The van der Waals surface area contributed by atoms with Gasteiger partial charge in [0.2, 0.25) is 0 Å². The van der Waals surface area contributed by atoms with Crippen LogP contribution in [0.25, 0.3) is 0 Å². The highest BCUT2D eigenvalue weighted by atomic mass is 16.5. The third kappa shape index (κ3) is 5.30. The average molecular weight is 292 g/mol. The molecule has 21 heavy (non-hydrogen) atoms. The molecule has 1 unspecified atom stereocenters. The first-order valence-corrected chi connectivity index (χ1v) is 8.05. The fourth-order valence-corrected chi connectivity index (χ4v) is 2.77. The van der Waals surface area contributed by atoms with Gasteiger partial charge in [0, 0.05) is 44.6 Å². The molecule has 0 fully saturated rings. The van der Waals surface area contributed by atoms with E-state index in [1.807, 2.05) is 13.8 Å². The summed E-state index contributed by atoms with van der Waals surface area (Å²) in [7, 11) is 0. The number of fused-ring (bicyclic) bond motifs is 1. The van der Waals surface area contributed by atoms with Crippen LogP contribution in [0.5, 0.6) is 0 Å². The zero-order chi connectivity index (χ0) is 14.9. The van der Waals surface area contributed by atoms with E-state index >= 15 is 0 Å². The molecule has 1 aliphatic heterocycles. The van der Waals surface area contributed by atoms with Crippen molar-refractivity contribution >= 4 is 5.69 Å². The highest BCUT2D eigenvalue weighted by Gasteiger charge is 2.22. The Kier molecular flexibility index (Phi) is 7.00. The number of benzene rings is 1. The largest absolute Gasteiger partial charge is 0.380 e. The van der Waals surface area contributed by atoms with Crippen LogP contribution >= 0.6 is 0 Å². The lowest BCUT2D eigenvalue weighted by molar-refractivity contribution is 0.0813. The van der Waals surface area contributed by atoms with Gasteiger partial charge >= 0.3 is 0 Å². The second-order valence-corrected chi connectivity index (χ2v) is 5.40. The van der Waals surface area contributed by atoms with E-state index in [0.717, 1.165) is 52.5 Å². The molecule has 1 atom stereocenters. The molecule has 1 aromatic rings. The molecule has 4 nitrogen and oxygen atoms in total. The predicted octanol–water partition coefficient (Wildman–Crippen LogP) is 2.40. The number of anilines is 1. The van der Waals surface area contributed by atoms with Crippen molar-refractivity contribution in [2.45, 2.75) is 26.3 Å². The standard InChI is InChI=1S/C17H28N2O2/c1-3-20-11-9-19(10-12-21-4-2)14-16-13-15-7-5-6-8-17(15)18-16/h5-8,16,18H,3-4,9-14H2,1-2H3. The Hall–Kier alpha value is -1.10. The van der Waals surface area contributed by atoms with Gasteiger partial charge in [-0.25, -0.2) is 0 Å². The fraction of sp³-hybridized carbons (Fsp3) is 0.647. The Bertz CT molecular complexity index is 377. The summed E-state index contributed by atoms with van der Waals surface area (Å²) in [5.74, 6) is 0. The molecule has 0 saturated carbocycles. The van der Waals surface area contributed by atoms with Gasteiger partial charge in [0.1, 0.15) is 0 Å². The van der Waals surface area contributed by atoms with E-state index in [1.54, 1.807) is 0 Å². The zero-order valence-electron chi connectivity index (χ0n) is 13.3. The van der Waals surface area contributed by atoms with E-state index in [0.29, 0.717) is 6.04 Å². The normalized spacial score (nSPS) is 17.0.